The molecule has 1 aromatic carbocycles. The molecule has 0 unspecified atom stereocenters. The van der Waals surface area contributed by atoms with E-state index in [0.29, 0.717) is 17.0 Å². The largest absolute Gasteiger partial charge is 0.497 e. The van der Waals surface area contributed by atoms with E-state index in [9.17, 15) is 9.59 Å². The molecular formula is C15H15NO4S. The number of benzene rings is 1. The van der Waals surface area contributed by atoms with Crippen LogP contribution in [0.3, 0.4) is 0 Å². The number of nitrogens with one attached hydrogen (secondary N) is 1. The number of esters is 1. The van der Waals surface area contributed by atoms with Crippen molar-refractivity contribution in [2.75, 3.05) is 19.0 Å². The fraction of sp³-hybridized carbons (Fsp3) is 0.200. The van der Waals surface area contributed by atoms with E-state index in [1.807, 2.05) is 29.6 Å². The van der Waals surface area contributed by atoms with Crippen LogP contribution in [0.1, 0.15) is 17.3 Å². The first-order chi connectivity index (χ1) is 10.2. The highest BCUT2D eigenvalue weighted by Gasteiger charge is 2.21. The summed E-state index contributed by atoms with van der Waals surface area (Å²) in [5.41, 5.74) is 1.96. The number of ether oxygens (including phenoxy) is 2. The zero-order valence-corrected chi connectivity index (χ0v) is 12.5. The van der Waals surface area contributed by atoms with Gasteiger partial charge in [-0.25, -0.2) is 4.79 Å². The molecule has 1 aromatic heterocycles. The molecular weight excluding hydrogens is 290 g/mol. The zero-order chi connectivity index (χ0) is 15.2. The van der Waals surface area contributed by atoms with Crippen molar-refractivity contribution in [1.29, 1.82) is 0 Å². The van der Waals surface area contributed by atoms with Gasteiger partial charge in [-0.1, -0.05) is 12.1 Å². The molecule has 0 fully saturated rings. The molecule has 5 nitrogen and oxygen atoms in total. The lowest BCUT2D eigenvalue weighted by molar-refractivity contribution is -0.105. The average Bonchev–Trinajstić information content (AvgIpc) is 2.92. The minimum Gasteiger partial charge on any atom is -0.497 e. The Kier molecular flexibility index (Phi) is 4.94. The van der Waals surface area contributed by atoms with Crippen molar-refractivity contribution >= 4 is 28.7 Å². The second-order valence-corrected chi connectivity index (χ2v) is 4.94. The summed E-state index contributed by atoms with van der Waals surface area (Å²) < 4.78 is 10.2. The maximum atomic E-state index is 12.1. The Hall–Kier alpha value is -2.34. The van der Waals surface area contributed by atoms with Gasteiger partial charge in [-0.15, -0.1) is 11.3 Å². The third-order valence-electron chi connectivity index (χ3n) is 2.86. The molecule has 0 bridgehead atoms. The molecule has 6 heteroatoms. The molecule has 0 atom stereocenters. The molecule has 0 aliphatic carbocycles. The van der Waals surface area contributed by atoms with Crippen LogP contribution < -0.4 is 10.1 Å². The van der Waals surface area contributed by atoms with Crippen molar-refractivity contribution in [3.05, 3.63) is 35.2 Å². The highest BCUT2D eigenvalue weighted by Crippen LogP contribution is 2.36. The van der Waals surface area contributed by atoms with Gasteiger partial charge in [0.25, 0.3) is 0 Å². The lowest BCUT2D eigenvalue weighted by Crippen LogP contribution is -2.08. The lowest BCUT2D eigenvalue weighted by atomic mass is 10.0. The molecule has 0 aliphatic rings. The molecule has 0 spiro atoms. The Morgan fingerprint density at radius 1 is 1.33 bits per heavy atom. The van der Waals surface area contributed by atoms with Gasteiger partial charge in [-0.2, -0.15) is 0 Å². The maximum Gasteiger partial charge on any atom is 0.341 e. The Bertz CT molecular complexity index is 634. The normalized spacial score (nSPS) is 10.0. The van der Waals surface area contributed by atoms with Crippen LogP contribution in [-0.2, 0) is 9.53 Å². The van der Waals surface area contributed by atoms with Crippen molar-refractivity contribution in [2.45, 2.75) is 6.92 Å². The van der Waals surface area contributed by atoms with Crippen molar-refractivity contribution in [2.24, 2.45) is 0 Å². The molecule has 0 aliphatic heterocycles. The number of hydrogen-bond acceptors (Lipinski definition) is 5. The van der Waals surface area contributed by atoms with Crippen molar-refractivity contribution in [3.63, 3.8) is 0 Å². The highest BCUT2D eigenvalue weighted by molar-refractivity contribution is 7.15. The number of carbonyl (C=O) groups is 2. The fourth-order valence-electron chi connectivity index (χ4n) is 1.91. The Labute approximate surface area is 126 Å². The molecule has 21 heavy (non-hydrogen) atoms. The van der Waals surface area contributed by atoms with E-state index >= 15 is 0 Å². The summed E-state index contributed by atoms with van der Waals surface area (Å²) in [6.07, 6.45) is 0.548. The van der Waals surface area contributed by atoms with Gasteiger partial charge in [0.15, 0.2) is 0 Å². The standard InChI is InChI=1S/C15H15NO4S/c1-3-20-15(18)13-12(8-21-14(13)16-9-17)10-4-6-11(19-2)7-5-10/h4-9H,3H2,1-2H3,(H,16,17). The van der Waals surface area contributed by atoms with Crippen LogP contribution in [0.4, 0.5) is 5.00 Å². The quantitative estimate of drug-likeness (QED) is 0.657. The number of hydrogen-bond donors (Lipinski definition) is 1. The molecule has 1 heterocycles. The zero-order valence-electron chi connectivity index (χ0n) is 11.7. The monoisotopic (exact) mass is 305 g/mol. The van der Waals surface area contributed by atoms with E-state index < -0.39 is 5.97 Å². The van der Waals surface area contributed by atoms with E-state index in [1.165, 1.54) is 11.3 Å². The average molecular weight is 305 g/mol. The van der Waals surface area contributed by atoms with Gasteiger partial charge in [-0.05, 0) is 24.6 Å². The number of carbonyl (C=O) groups excluding carboxylic acids is 2. The SMILES string of the molecule is CCOC(=O)c1c(-c2ccc(OC)cc2)csc1NC=O. The number of anilines is 1. The van der Waals surface area contributed by atoms with E-state index in [-0.39, 0.29) is 6.61 Å². The summed E-state index contributed by atoms with van der Waals surface area (Å²) in [6.45, 7) is 2.02. The first kappa shape index (κ1) is 15.1. The van der Waals surface area contributed by atoms with Crippen molar-refractivity contribution in [1.82, 2.24) is 0 Å². The molecule has 0 saturated heterocycles. The van der Waals surface area contributed by atoms with Crippen LogP contribution in [0, 0.1) is 0 Å². The number of rotatable bonds is 6. The topological polar surface area (TPSA) is 64.6 Å². The van der Waals surface area contributed by atoms with Crippen LogP contribution in [0.2, 0.25) is 0 Å². The molecule has 1 N–H and O–H groups in total. The first-order valence-electron chi connectivity index (χ1n) is 6.34. The van der Waals surface area contributed by atoms with Gasteiger partial charge >= 0.3 is 5.97 Å². The molecule has 2 aromatic rings. The van der Waals surface area contributed by atoms with Gasteiger partial charge in [0.1, 0.15) is 16.3 Å². The minimum atomic E-state index is -0.450. The molecule has 1 amide bonds. The van der Waals surface area contributed by atoms with Crippen LogP contribution >= 0.6 is 11.3 Å². The van der Waals surface area contributed by atoms with Crippen LogP contribution in [-0.4, -0.2) is 26.1 Å². The minimum absolute atomic E-state index is 0.275. The van der Waals surface area contributed by atoms with Crippen LogP contribution in [0.15, 0.2) is 29.6 Å². The predicted octanol–water partition coefficient (Wildman–Crippen LogP) is 3.17. The molecule has 2 rings (SSSR count). The lowest BCUT2D eigenvalue weighted by Gasteiger charge is -2.07. The summed E-state index contributed by atoms with van der Waals surface area (Å²) in [5.74, 6) is 0.284. The van der Waals surface area contributed by atoms with E-state index in [2.05, 4.69) is 5.32 Å². The van der Waals surface area contributed by atoms with E-state index in [4.69, 9.17) is 9.47 Å². The summed E-state index contributed by atoms with van der Waals surface area (Å²) in [6, 6.07) is 7.34. The highest BCUT2D eigenvalue weighted by atomic mass is 32.1. The van der Waals surface area contributed by atoms with Gasteiger partial charge in [-0.3, -0.25) is 4.79 Å². The first-order valence-corrected chi connectivity index (χ1v) is 7.22. The van der Waals surface area contributed by atoms with E-state index in [1.54, 1.807) is 14.0 Å². The predicted molar refractivity (Wildman–Crippen MR) is 82.0 cm³/mol. The van der Waals surface area contributed by atoms with Crippen LogP contribution in [0.25, 0.3) is 11.1 Å². The third-order valence-corrected chi connectivity index (χ3v) is 3.77. The second kappa shape index (κ2) is 6.90. The summed E-state index contributed by atoms with van der Waals surface area (Å²) >= 11 is 1.29. The van der Waals surface area contributed by atoms with Crippen molar-refractivity contribution in [3.8, 4) is 16.9 Å². The van der Waals surface area contributed by atoms with Gasteiger partial charge in [0.2, 0.25) is 6.41 Å². The Balaban J connectivity index is 2.46. The third kappa shape index (κ3) is 3.22. The smallest absolute Gasteiger partial charge is 0.341 e. The maximum absolute atomic E-state index is 12.1. The molecule has 110 valence electrons. The summed E-state index contributed by atoms with van der Waals surface area (Å²) in [5, 5.41) is 4.84. The summed E-state index contributed by atoms with van der Waals surface area (Å²) in [4.78, 5) is 22.8. The van der Waals surface area contributed by atoms with Gasteiger partial charge in [0.05, 0.1) is 13.7 Å². The number of amides is 1. The second-order valence-electron chi connectivity index (χ2n) is 4.06. The van der Waals surface area contributed by atoms with Gasteiger partial charge < -0.3 is 14.8 Å². The van der Waals surface area contributed by atoms with E-state index in [0.717, 1.165) is 16.9 Å². The molecule has 0 saturated carbocycles. The summed E-state index contributed by atoms with van der Waals surface area (Å²) in [7, 11) is 1.59. The Morgan fingerprint density at radius 3 is 2.62 bits per heavy atom. The van der Waals surface area contributed by atoms with Crippen LogP contribution in [0.5, 0.6) is 5.75 Å². The van der Waals surface area contributed by atoms with Crippen molar-refractivity contribution < 1.29 is 19.1 Å². The number of thiophene rings is 1. The number of methoxy groups -OCH3 is 1. The molecule has 0 radical (unpaired) electrons. The van der Waals surface area contributed by atoms with Gasteiger partial charge in [0, 0.05) is 10.9 Å². The Morgan fingerprint density at radius 2 is 2.05 bits per heavy atom. The fourth-order valence-corrected chi connectivity index (χ4v) is 2.82.